The molecule has 5 nitrogen and oxygen atoms in total. The average molecular weight is 397 g/mol. The monoisotopic (exact) mass is 397 g/mol. The minimum Gasteiger partial charge on any atom is -0.493 e. The summed E-state index contributed by atoms with van der Waals surface area (Å²) in [5.41, 5.74) is 3.41. The summed E-state index contributed by atoms with van der Waals surface area (Å²) in [5.74, 6) is 1.87. The van der Waals surface area contributed by atoms with Crippen LogP contribution in [0.15, 0.2) is 78.7 Å². The molecule has 0 aliphatic carbocycles. The van der Waals surface area contributed by atoms with Crippen molar-refractivity contribution in [1.82, 2.24) is 4.98 Å². The Morgan fingerprint density at radius 3 is 2.73 bits per heavy atom. The Balaban J connectivity index is 1.44. The number of carbonyl (C=O) groups is 1. The molecule has 1 N–H and O–H groups in total. The first-order valence-corrected chi connectivity index (χ1v) is 9.62. The third kappa shape index (κ3) is 3.20. The number of benzene rings is 3. The number of rotatable bonds is 5. The molecule has 0 radical (unpaired) electrons. The predicted octanol–water partition coefficient (Wildman–Crippen LogP) is 5.37. The number of aromatic amines is 1. The van der Waals surface area contributed by atoms with Gasteiger partial charge in [0.05, 0.1) is 12.7 Å². The number of hydrogen-bond acceptors (Lipinski definition) is 4. The summed E-state index contributed by atoms with van der Waals surface area (Å²) in [6.07, 6.45) is 3.61. The van der Waals surface area contributed by atoms with Crippen LogP contribution >= 0.6 is 0 Å². The van der Waals surface area contributed by atoms with Crippen molar-refractivity contribution >= 4 is 22.8 Å². The highest BCUT2D eigenvalue weighted by Gasteiger charge is 2.30. The molecule has 2 heterocycles. The van der Waals surface area contributed by atoms with Crippen LogP contribution < -0.4 is 14.2 Å². The zero-order valence-electron chi connectivity index (χ0n) is 16.3. The van der Waals surface area contributed by atoms with Gasteiger partial charge in [0, 0.05) is 22.7 Å². The highest BCUT2D eigenvalue weighted by molar-refractivity contribution is 6.15. The summed E-state index contributed by atoms with van der Waals surface area (Å²) in [7, 11) is 1.56. The van der Waals surface area contributed by atoms with E-state index in [1.807, 2.05) is 54.7 Å². The van der Waals surface area contributed by atoms with Crippen molar-refractivity contribution < 1.29 is 19.0 Å². The summed E-state index contributed by atoms with van der Waals surface area (Å²) in [4.78, 5) is 16.0. The second-order valence-electron chi connectivity index (χ2n) is 7.00. The van der Waals surface area contributed by atoms with Crippen LogP contribution in [0.25, 0.3) is 17.0 Å². The molecule has 0 saturated carbocycles. The largest absolute Gasteiger partial charge is 0.493 e. The maximum atomic E-state index is 12.8. The second kappa shape index (κ2) is 7.44. The summed E-state index contributed by atoms with van der Waals surface area (Å²) in [5, 5.41) is 0.951. The van der Waals surface area contributed by atoms with Gasteiger partial charge in [-0.05, 0) is 42.0 Å². The molecule has 148 valence electrons. The van der Waals surface area contributed by atoms with Crippen molar-refractivity contribution in [2.75, 3.05) is 7.11 Å². The van der Waals surface area contributed by atoms with Gasteiger partial charge < -0.3 is 19.2 Å². The fourth-order valence-electron chi connectivity index (χ4n) is 3.56. The topological polar surface area (TPSA) is 60.6 Å². The number of H-pyrrole nitrogens is 1. The lowest BCUT2D eigenvalue weighted by Gasteiger charge is -2.07. The number of para-hydroxylation sites is 1. The Labute approximate surface area is 173 Å². The van der Waals surface area contributed by atoms with Crippen molar-refractivity contribution in [2.45, 2.75) is 6.61 Å². The van der Waals surface area contributed by atoms with Gasteiger partial charge in [-0.25, -0.2) is 0 Å². The summed E-state index contributed by atoms with van der Waals surface area (Å²) in [6, 6.07) is 21.2. The Bertz CT molecular complexity index is 1270. The molecule has 3 aromatic carbocycles. The number of hydrogen-bond donors (Lipinski definition) is 1. The highest BCUT2D eigenvalue weighted by Crippen LogP contribution is 2.40. The molecule has 1 aliphatic rings. The van der Waals surface area contributed by atoms with E-state index < -0.39 is 0 Å². The van der Waals surface area contributed by atoms with Crippen molar-refractivity contribution in [3.05, 3.63) is 95.4 Å². The smallest absolute Gasteiger partial charge is 0.232 e. The second-order valence-corrected chi connectivity index (χ2v) is 7.00. The Kier molecular flexibility index (Phi) is 4.48. The van der Waals surface area contributed by atoms with Crippen LogP contribution in [0.3, 0.4) is 0 Å². The number of Topliss-reactive ketones (excluding diaryl/α,β-unsaturated/α-hetero) is 1. The maximum absolute atomic E-state index is 12.8. The van der Waals surface area contributed by atoms with Gasteiger partial charge in [-0.2, -0.15) is 0 Å². The molecule has 0 spiro atoms. The number of ketones is 1. The van der Waals surface area contributed by atoms with E-state index in [0.29, 0.717) is 23.7 Å². The molecule has 0 unspecified atom stereocenters. The first kappa shape index (κ1) is 18.1. The molecular weight excluding hydrogens is 378 g/mol. The lowest BCUT2D eigenvalue weighted by atomic mass is 10.1. The number of ether oxygens (including phenoxy) is 3. The Morgan fingerprint density at radius 1 is 1.03 bits per heavy atom. The van der Waals surface area contributed by atoms with Gasteiger partial charge in [0.25, 0.3) is 0 Å². The van der Waals surface area contributed by atoms with E-state index in [1.165, 1.54) is 0 Å². The molecule has 0 fully saturated rings. The van der Waals surface area contributed by atoms with Gasteiger partial charge in [-0.15, -0.1) is 0 Å². The first-order chi connectivity index (χ1) is 14.7. The van der Waals surface area contributed by atoms with Crippen molar-refractivity contribution in [3.8, 4) is 17.2 Å². The van der Waals surface area contributed by atoms with E-state index in [2.05, 4.69) is 4.98 Å². The number of methoxy groups -OCH3 is 1. The molecular formula is C25H19NO4. The molecule has 5 rings (SSSR count). The lowest BCUT2D eigenvalue weighted by Crippen LogP contribution is -1.98. The average Bonchev–Trinajstić information content (AvgIpc) is 3.34. The zero-order valence-corrected chi connectivity index (χ0v) is 16.3. The fraction of sp³-hybridized carbons (Fsp3) is 0.0800. The molecule has 0 saturated heterocycles. The van der Waals surface area contributed by atoms with Gasteiger partial charge >= 0.3 is 0 Å². The first-order valence-electron chi connectivity index (χ1n) is 9.62. The van der Waals surface area contributed by atoms with Crippen LogP contribution in [-0.4, -0.2) is 17.9 Å². The Morgan fingerprint density at radius 2 is 1.90 bits per heavy atom. The predicted molar refractivity (Wildman–Crippen MR) is 115 cm³/mol. The van der Waals surface area contributed by atoms with E-state index in [1.54, 1.807) is 31.4 Å². The molecule has 1 aliphatic heterocycles. The van der Waals surface area contributed by atoms with Crippen LogP contribution in [-0.2, 0) is 6.61 Å². The van der Waals surface area contributed by atoms with Crippen molar-refractivity contribution in [3.63, 3.8) is 0 Å². The Hall–Kier alpha value is -3.99. The zero-order chi connectivity index (χ0) is 20.5. The van der Waals surface area contributed by atoms with Gasteiger partial charge in [-0.3, -0.25) is 4.79 Å². The van der Waals surface area contributed by atoms with Crippen LogP contribution in [0.4, 0.5) is 0 Å². The molecule has 4 aromatic rings. The maximum Gasteiger partial charge on any atom is 0.232 e. The number of carbonyl (C=O) groups excluding carboxylic acids is 1. The van der Waals surface area contributed by atoms with Crippen LogP contribution in [0.5, 0.6) is 17.2 Å². The minimum absolute atomic E-state index is 0.158. The SMILES string of the molecule is COc1cccc2c1OC(=Cc1c[nH]c3ccc(OCc4ccccc4)cc13)C2=O. The number of aromatic nitrogens is 1. The molecule has 1 aromatic heterocycles. The van der Waals surface area contributed by atoms with Crippen molar-refractivity contribution in [2.24, 2.45) is 0 Å². The van der Waals surface area contributed by atoms with Crippen LogP contribution in [0.1, 0.15) is 21.5 Å². The van der Waals surface area contributed by atoms with Crippen molar-refractivity contribution in [1.29, 1.82) is 0 Å². The van der Waals surface area contributed by atoms with Gasteiger partial charge in [0.1, 0.15) is 12.4 Å². The fourth-order valence-corrected chi connectivity index (χ4v) is 3.56. The molecule has 0 atom stereocenters. The minimum atomic E-state index is -0.158. The number of fused-ring (bicyclic) bond motifs is 2. The van der Waals surface area contributed by atoms with Crippen LogP contribution in [0.2, 0.25) is 0 Å². The van der Waals surface area contributed by atoms with E-state index >= 15 is 0 Å². The van der Waals surface area contributed by atoms with E-state index in [0.717, 1.165) is 27.8 Å². The van der Waals surface area contributed by atoms with Crippen LogP contribution in [0, 0.1) is 0 Å². The molecule has 5 heteroatoms. The third-order valence-electron chi connectivity index (χ3n) is 5.10. The number of allylic oxidation sites excluding steroid dienone is 1. The van der Waals surface area contributed by atoms with E-state index in [4.69, 9.17) is 14.2 Å². The summed E-state index contributed by atoms with van der Waals surface area (Å²) < 4.78 is 17.1. The summed E-state index contributed by atoms with van der Waals surface area (Å²) in [6.45, 7) is 0.490. The lowest BCUT2D eigenvalue weighted by molar-refractivity contribution is 0.101. The quantitative estimate of drug-likeness (QED) is 0.460. The van der Waals surface area contributed by atoms with Gasteiger partial charge in [0.15, 0.2) is 17.3 Å². The molecule has 30 heavy (non-hydrogen) atoms. The standard InChI is InChI=1S/C25H19NO4/c1-28-22-9-5-8-19-24(27)23(30-25(19)22)12-17-14-26-21-11-10-18(13-20(17)21)29-15-16-6-3-2-4-7-16/h2-14,26H,15H2,1H3. The molecule has 0 bridgehead atoms. The number of nitrogens with one attached hydrogen (secondary N) is 1. The summed E-state index contributed by atoms with van der Waals surface area (Å²) >= 11 is 0. The van der Waals surface area contributed by atoms with Gasteiger partial charge in [-0.1, -0.05) is 36.4 Å². The van der Waals surface area contributed by atoms with Gasteiger partial charge in [0.2, 0.25) is 5.78 Å². The molecule has 0 amide bonds. The highest BCUT2D eigenvalue weighted by atomic mass is 16.5. The normalized spacial score (nSPS) is 14.0. The van der Waals surface area contributed by atoms with E-state index in [-0.39, 0.29) is 11.5 Å². The third-order valence-corrected chi connectivity index (χ3v) is 5.10. The van der Waals surface area contributed by atoms with E-state index in [9.17, 15) is 4.79 Å².